The van der Waals surface area contributed by atoms with Gasteiger partial charge in [-0.05, 0) is 49.1 Å². The Hall–Kier alpha value is -3.61. The molecular weight excluding hydrogens is 402 g/mol. The van der Waals surface area contributed by atoms with Crippen molar-refractivity contribution in [1.82, 2.24) is 15.1 Å². The van der Waals surface area contributed by atoms with E-state index in [9.17, 15) is 9.59 Å². The van der Waals surface area contributed by atoms with E-state index < -0.39 is 5.91 Å². The highest BCUT2D eigenvalue weighted by Crippen LogP contribution is 2.31. The van der Waals surface area contributed by atoms with Crippen LogP contribution in [0.4, 0.5) is 5.69 Å². The van der Waals surface area contributed by atoms with Crippen LogP contribution in [0, 0.1) is 13.8 Å². The molecule has 0 aliphatic rings. The molecule has 2 aromatic carbocycles. The largest absolute Gasteiger partial charge is 0.374 e. The van der Waals surface area contributed by atoms with Crippen molar-refractivity contribution < 1.29 is 9.59 Å². The van der Waals surface area contributed by atoms with Gasteiger partial charge >= 0.3 is 0 Å². The zero-order valence-corrected chi connectivity index (χ0v) is 19.6. The van der Waals surface area contributed by atoms with Gasteiger partial charge in [0.05, 0.1) is 17.1 Å². The summed E-state index contributed by atoms with van der Waals surface area (Å²) in [7, 11) is 3.75. The lowest BCUT2D eigenvalue weighted by Gasteiger charge is -2.15. The minimum absolute atomic E-state index is 0.101. The highest BCUT2D eigenvalue weighted by atomic mass is 16.2. The number of carbonyl (C=O) groups excluding carboxylic acids is 2. The second-order valence-corrected chi connectivity index (χ2v) is 8.58. The van der Waals surface area contributed by atoms with Crippen molar-refractivity contribution in [3.05, 3.63) is 76.1 Å². The predicted molar refractivity (Wildman–Crippen MR) is 128 cm³/mol. The molecule has 3 aromatic rings. The molecule has 1 heterocycles. The molecular formula is C25H31N5O2. The molecule has 3 rings (SSSR count). The van der Waals surface area contributed by atoms with Gasteiger partial charge in [0.25, 0.3) is 11.8 Å². The van der Waals surface area contributed by atoms with E-state index in [2.05, 4.69) is 10.4 Å². The van der Waals surface area contributed by atoms with Gasteiger partial charge in [0, 0.05) is 26.2 Å². The number of hydrogen-bond acceptors (Lipinski definition) is 4. The fraction of sp³-hybridized carbons (Fsp3) is 0.320. The maximum atomic E-state index is 12.6. The Labute approximate surface area is 189 Å². The van der Waals surface area contributed by atoms with Crippen molar-refractivity contribution in [1.29, 1.82) is 0 Å². The van der Waals surface area contributed by atoms with E-state index in [-0.39, 0.29) is 11.8 Å². The van der Waals surface area contributed by atoms with Crippen LogP contribution in [0.1, 0.15) is 63.0 Å². The SMILES string of the molecule is Cc1ccc(C)c(C(=O)NCc2ccc(-n3nc(C(C)C)c(N(C)C)c3C(N)=O)cc2)c1. The van der Waals surface area contributed by atoms with Crippen LogP contribution in [-0.2, 0) is 6.54 Å². The number of aryl methyl sites for hydroxylation is 2. The first-order valence-corrected chi connectivity index (χ1v) is 10.6. The van der Waals surface area contributed by atoms with Gasteiger partial charge in [0.1, 0.15) is 0 Å². The molecule has 2 amide bonds. The van der Waals surface area contributed by atoms with Crippen LogP contribution >= 0.6 is 0 Å². The number of hydrogen-bond donors (Lipinski definition) is 2. The summed E-state index contributed by atoms with van der Waals surface area (Å²) in [6, 6.07) is 13.4. The average Bonchev–Trinajstić information content (AvgIpc) is 3.16. The van der Waals surface area contributed by atoms with Crippen LogP contribution in [0.5, 0.6) is 0 Å². The van der Waals surface area contributed by atoms with Crippen LogP contribution in [0.2, 0.25) is 0 Å². The smallest absolute Gasteiger partial charge is 0.269 e. The number of carbonyl (C=O) groups is 2. The monoisotopic (exact) mass is 433 g/mol. The number of anilines is 1. The molecule has 168 valence electrons. The van der Waals surface area contributed by atoms with Gasteiger partial charge in [-0.15, -0.1) is 0 Å². The van der Waals surface area contributed by atoms with Crippen molar-refractivity contribution >= 4 is 17.5 Å². The Kier molecular flexibility index (Phi) is 6.67. The lowest BCUT2D eigenvalue weighted by molar-refractivity contribution is 0.0948. The summed E-state index contributed by atoms with van der Waals surface area (Å²) >= 11 is 0. The Morgan fingerprint density at radius 3 is 2.31 bits per heavy atom. The maximum Gasteiger partial charge on any atom is 0.269 e. The van der Waals surface area contributed by atoms with Gasteiger partial charge in [0.15, 0.2) is 5.69 Å². The highest BCUT2D eigenvalue weighted by Gasteiger charge is 2.25. The minimum atomic E-state index is -0.530. The van der Waals surface area contributed by atoms with E-state index in [0.29, 0.717) is 17.8 Å². The number of rotatable bonds is 7. The average molecular weight is 434 g/mol. The first kappa shape index (κ1) is 23.1. The Morgan fingerprint density at radius 2 is 1.75 bits per heavy atom. The molecule has 0 radical (unpaired) electrons. The molecule has 0 atom stereocenters. The summed E-state index contributed by atoms with van der Waals surface area (Å²) in [5.41, 5.74) is 12.0. The zero-order valence-electron chi connectivity index (χ0n) is 19.6. The molecule has 0 saturated carbocycles. The van der Waals surface area contributed by atoms with Crippen LogP contribution in [0.3, 0.4) is 0 Å². The molecule has 0 fully saturated rings. The number of amides is 2. The van der Waals surface area contributed by atoms with Crippen LogP contribution in [0.25, 0.3) is 5.69 Å². The third-order valence-electron chi connectivity index (χ3n) is 5.39. The fourth-order valence-electron chi connectivity index (χ4n) is 3.68. The highest BCUT2D eigenvalue weighted by molar-refractivity contribution is 5.98. The lowest BCUT2D eigenvalue weighted by atomic mass is 10.0. The molecule has 7 heteroatoms. The zero-order chi connectivity index (χ0) is 23.6. The van der Waals surface area contributed by atoms with E-state index in [1.165, 1.54) is 0 Å². The second-order valence-electron chi connectivity index (χ2n) is 8.58. The lowest BCUT2D eigenvalue weighted by Crippen LogP contribution is -2.23. The summed E-state index contributed by atoms with van der Waals surface area (Å²) in [5, 5.41) is 7.66. The van der Waals surface area contributed by atoms with E-state index in [1.54, 1.807) is 4.68 Å². The van der Waals surface area contributed by atoms with E-state index >= 15 is 0 Å². The molecule has 32 heavy (non-hydrogen) atoms. The van der Waals surface area contributed by atoms with E-state index in [4.69, 9.17) is 5.73 Å². The quantitative estimate of drug-likeness (QED) is 0.594. The Bertz CT molecular complexity index is 1140. The maximum absolute atomic E-state index is 12.6. The number of primary amides is 1. The molecule has 0 spiro atoms. The first-order chi connectivity index (χ1) is 15.1. The molecule has 0 saturated heterocycles. The van der Waals surface area contributed by atoms with Gasteiger partial charge in [-0.1, -0.05) is 43.7 Å². The summed E-state index contributed by atoms with van der Waals surface area (Å²) in [6.07, 6.45) is 0. The van der Waals surface area contributed by atoms with Gasteiger partial charge in [0.2, 0.25) is 0 Å². The van der Waals surface area contributed by atoms with Gasteiger partial charge in [-0.25, -0.2) is 4.68 Å². The van der Waals surface area contributed by atoms with Gasteiger partial charge in [-0.3, -0.25) is 9.59 Å². The minimum Gasteiger partial charge on any atom is -0.374 e. The standard InChI is InChI=1S/C25H31N5O2/c1-15(2)21-22(29(5)6)23(24(26)31)30(28-21)19-11-9-18(10-12-19)14-27-25(32)20-13-16(3)7-8-17(20)4/h7-13,15H,14H2,1-6H3,(H2,26,31)(H,27,32). The Morgan fingerprint density at radius 1 is 1.09 bits per heavy atom. The molecule has 0 aliphatic heterocycles. The molecule has 0 aliphatic carbocycles. The normalized spacial score (nSPS) is 11.0. The van der Waals surface area contributed by atoms with Gasteiger partial charge in [-0.2, -0.15) is 5.10 Å². The van der Waals surface area contributed by atoms with Crippen molar-refractivity contribution in [2.75, 3.05) is 19.0 Å². The molecule has 7 nitrogen and oxygen atoms in total. The summed E-state index contributed by atoms with van der Waals surface area (Å²) in [5.74, 6) is -0.500. The second kappa shape index (κ2) is 9.26. The number of nitrogens with two attached hydrogens (primary N) is 1. The number of nitrogens with one attached hydrogen (secondary N) is 1. The summed E-state index contributed by atoms with van der Waals surface area (Å²) < 4.78 is 1.60. The van der Waals surface area contributed by atoms with Crippen LogP contribution < -0.4 is 16.0 Å². The number of benzene rings is 2. The summed E-state index contributed by atoms with van der Waals surface area (Å²) in [4.78, 5) is 26.7. The van der Waals surface area contributed by atoms with E-state index in [0.717, 1.165) is 33.8 Å². The van der Waals surface area contributed by atoms with Gasteiger partial charge < -0.3 is 16.0 Å². The van der Waals surface area contributed by atoms with Crippen molar-refractivity contribution in [2.45, 2.75) is 40.2 Å². The molecule has 1 aromatic heterocycles. The fourth-order valence-corrected chi connectivity index (χ4v) is 3.68. The van der Waals surface area contributed by atoms with Crippen molar-refractivity contribution in [3.8, 4) is 5.69 Å². The number of nitrogens with zero attached hydrogens (tertiary/aromatic N) is 3. The predicted octanol–water partition coefficient (Wildman–Crippen LogP) is 3.71. The first-order valence-electron chi connectivity index (χ1n) is 10.6. The van der Waals surface area contributed by atoms with Crippen molar-refractivity contribution in [2.24, 2.45) is 5.73 Å². The molecule has 3 N–H and O–H groups in total. The van der Waals surface area contributed by atoms with E-state index in [1.807, 2.05) is 89.2 Å². The topological polar surface area (TPSA) is 93.2 Å². The van der Waals surface area contributed by atoms with Crippen LogP contribution in [0.15, 0.2) is 42.5 Å². The molecule has 0 unspecified atom stereocenters. The van der Waals surface area contributed by atoms with Crippen LogP contribution in [-0.4, -0.2) is 35.7 Å². The number of aromatic nitrogens is 2. The Balaban J connectivity index is 1.84. The third-order valence-corrected chi connectivity index (χ3v) is 5.39. The molecule has 0 bridgehead atoms. The van der Waals surface area contributed by atoms with Crippen molar-refractivity contribution in [3.63, 3.8) is 0 Å². The third kappa shape index (κ3) is 4.66. The summed E-state index contributed by atoms with van der Waals surface area (Å²) in [6.45, 7) is 8.36.